The molecule has 3 rings (SSSR count). The largest absolute Gasteiger partial charge is 0.324 e. The molecule has 0 radical (unpaired) electrons. The molecule has 0 aromatic heterocycles. The molecule has 0 fully saturated rings. The highest BCUT2D eigenvalue weighted by Crippen LogP contribution is 2.22. The Kier molecular flexibility index (Phi) is 9.13. The van der Waals surface area contributed by atoms with Crippen molar-refractivity contribution in [2.75, 3.05) is 16.4 Å². The number of carbonyl (C=O) groups is 2. The summed E-state index contributed by atoms with van der Waals surface area (Å²) in [7, 11) is 0. The summed E-state index contributed by atoms with van der Waals surface area (Å²) >= 11 is 1.41. The smallest absolute Gasteiger partial charge is 0.255 e. The van der Waals surface area contributed by atoms with E-state index in [1.54, 1.807) is 24.4 Å². The van der Waals surface area contributed by atoms with Crippen molar-refractivity contribution in [2.45, 2.75) is 27.2 Å². The van der Waals surface area contributed by atoms with Crippen LogP contribution in [0.4, 0.5) is 11.4 Å². The number of carbonyl (C=O) groups excluding carboxylic acids is 2. The van der Waals surface area contributed by atoms with Gasteiger partial charge in [0.05, 0.1) is 18.0 Å². The Morgan fingerprint density at radius 1 is 1.25 bits per heavy atom. The average molecular weight is 502 g/mol. The Morgan fingerprint density at radius 2 is 2.06 bits per heavy atom. The van der Waals surface area contributed by atoms with Gasteiger partial charge in [0, 0.05) is 35.5 Å². The topological polar surface area (TPSA) is 131 Å². The summed E-state index contributed by atoms with van der Waals surface area (Å²) in [6.45, 7) is 8.77. The number of rotatable bonds is 6. The molecular formula is C26H27N7O2S. The fraction of sp³-hybridized carbons (Fsp3) is 0.231. The molecule has 0 saturated heterocycles. The maximum absolute atomic E-state index is 12.8. The van der Waals surface area contributed by atoms with Gasteiger partial charge in [-0.25, -0.2) is 15.0 Å². The summed E-state index contributed by atoms with van der Waals surface area (Å²) in [5, 5.41) is 18.3. The van der Waals surface area contributed by atoms with Crippen LogP contribution in [-0.2, 0) is 11.2 Å². The van der Waals surface area contributed by atoms with E-state index in [4.69, 9.17) is 5.26 Å². The number of nitriles is 1. The Bertz CT molecular complexity index is 1310. The third-order valence-electron chi connectivity index (χ3n) is 5.06. The van der Waals surface area contributed by atoms with Crippen LogP contribution in [0.3, 0.4) is 0 Å². The summed E-state index contributed by atoms with van der Waals surface area (Å²) in [4.78, 5) is 36.6. The van der Waals surface area contributed by atoms with Gasteiger partial charge < -0.3 is 16.0 Å². The van der Waals surface area contributed by atoms with Crippen molar-refractivity contribution in [3.05, 3.63) is 71.1 Å². The highest BCUT2D eigenvalue weighted by molar-refractivity contribution is 8.14. The van der Waals surface area contributed by atoms with E-state index in [1.165, 1.54) is 18.7 Å². The number of nitrogens with zero attached hydrogens (tertiary/aromatic N) is 4. The van der Waals surface area contributed by atoms with E-state index in [9.17, 15) is 9.59 Å². The molecule has 3 N–H and O–H groups in total. The summed E-state index contributed by atoms with van der Waals surface area (Å²) in [6, 6.07) is 15.0. The van der Waals surface area contributed by atoms with Gasteiger partial charge in [-0.3, -0.25) is 9.59 Å². The van der Waals surface area contributed by atoms with Gasteiger partial charge in [0.15, 0.2) is 5.17 Å². The number of hydrogen-bond acceptors (Lipinski definition) is 6. The number of nitrogens with one attached hydrogen (secondary N) is 3. The van der Waals surface area contributed by atoms with Crippen LogP contribution in [0, 0.1) is 24.2 Å². The predicted molar refractivity (Wildman–Crippen MR) is 146 cm³/mol. The minimum absolute atomic E-state index is 0.127. The predicted octanol–water partition coefficient (Wildman–Crippen LogP) is 4.50. The van der Waals surface area contributed by atoms with Crippen LogP contribution in [0.15, 0.2) is 69.3 Å². The zero-order valence-corrected chi connectivity index (χ0v) is 21.1. The van der Waals surface area contributed by atoms with Crippen LogP contribution >= 0.6 is 11.8 Å². The molecule has 2 amide bonds. The van der Waals surface area contributed by atoms with Crippen LogP contribution in [0.1, 0.15) is 35.3 Å². The van der Waals surface area contributed by atoms with Crippen molar-refractivity contribution in [1.29, 1.82) is 5.26 Å². The van der Waals surface area contributed by atoms with E-state index >= 15 is 0 Å². The molecule has 1 heterocycles. The molecule has 1 atom stereocenters. The van der Waals surface area contributed by atoms with Gasteiger partial charge in [0.2, 0.25) is 11.9 Å². The van der Waals surface area contributed by atoms with E-state index in [-0.39, 0.29) is 23.7 Å². The highest BCUT2D eigenvalue weighted by atomic mass is 32.2. The molecule has 36 heavy (non-hydrogen) atoms. The van der Waals surface area contributed by atoms with Crippen molar-refractivity contribution >= 4 is 52.8 Å². The first-order valence-electron chi connectivity index (χ1n) is 11.2. The lowest BCUT2D eigenvalue weighted by Gasteiger charge is -2.12. The van der Waals surface area contributed by atoms with Gasteiger partial charge in [-0.1, -0.05) is 30.0 Å². The van der Waals surface area contributed by atoms with E-state index < -0.39 is 0 Å². The molecule has 184 valence electrons. The second-order valence-corrected chi connectivity index (χ2v) is 9.13. The molecule has 1 aliphatic rings. The molecule has 0 aliphatic carbocycles. The van der Waals surface area contributed by atoms with Crippen LogP contribution in [0.2, 0.25) is 0 Å². The standard InChI is InChI=1S/C26H27N7O2S/c1-16(13-27)10-19-6-5-7-20(11-19)24(35)31-21-9-8-17(2)23(12-21)33-25(28-4)29-14-22-15-36-26(32-22)30-18(3)34/h5-9,11-12,14,16H,4,10,15H2,1-3H3,(H,29,33)(H,31,35)(H,30,32,34)/b22-14+. The van der Waals surface area contributed by atoms with Crippen molar-refractivity contribution in [3.63, 3.8) is 0 Å². The normalized spacial score (nSPS) is 15.0. The third-order valence-corrected chi connectivity index (χ3v) is 5.97. The lowest BCUT2D eigenvalue weighted by atomic mass is 10.0. The zero-order chi connectivity index (χ0) is 26.1. The van der Waals surface area contributed by atoms with Crippen LogP contribution in [-0.4, -0.2) is 35.4 Å². The Balaban J connectivity index is 1.72. The lowest BCUT2D eigenvalue weighted by molar-refractivity contribution is -0.117. The summed E-state index contributed by atoms with van der Waals surface area (Å²) < 4.78 is 0. The number of aliphatic imine (C=N–C) groups is 3. The average Bonchev–Trinajstić information content (AvgIpc) is 3.30. The Hall–Kier alpha value is -4.23. The molecule has 9 nitrogen and oxygen atoms in total. The molecule has 2 aromatic carbocycles. The van der Waals surface area contributed by atoms with Gasteiger partial charge in [-0.2, -0.15) is 5.26 Å². The Morgan fingerprint density at radius 3 is 2.78 bits per heavy atom. The number of amides is 2. The molecule has 10 heteroatoms. The number of anilines is 2. The Labute approximate surface area is 214 Å². The summed E-state index contributed by atoms with van der Waals surface area (Å²) in [5.74, 6) is 0.299. The van der Waals surface area contributed by atoms with E-state index in [2.05, 4.69) is 43.7 Å². The van der Waals surface area contributed by atoms with Gasteiger partial charge in [0.25, 0.3) is 5.91 Å². The molecule has 2 aromatic rings. The van der Waals surface area contributed by atoms with Crippen LogP contribution in [0.5, 0.6) is 0 Å². The second-order valence-electron chi connectivity index (χ2n) is 8.16. The van der Waals surface area contributed by atoms with Crippen molar-refractivity contribution in [2.24, 2.45) is 20.9 Å². The first-order valence-corrected chi connectivity index (χ1v) is 12.2. The number of guanidine groups is 1. The van der Waals surface area contributed by atoms with E-state index in [0.717, 1.165) is 11.1 Å². The minimum atomic E-state index is -0.247. The molecule has 0 saturated carbocycles. The van der Waals surface area contributed by atoms with Gasteiger partial charge in [-0.15, -0.1) is 0 Å². The van der Waals surface area contributed by atoms with Crippen LogP contribution in [0.25, 0.3) is 0 Å². The molecular weight excluding hydrogens is 474 g/mol. The summed E-state index contributed by atoms with van der Waals surface area (Å²) in [5.41, 5.74) is 4.37. The number of thioether (sulfide) groups is 1. The van der Waals surface area contributed by atoms with Crippen molar-refractivity contribution in [3.8, 4) is 6.07 Å². The zero-order valence-electron chi connectivity index (χ0n) is 20.3. The summed E-state index contributed by atoms with van der Waals surface area (Å²) in [6.07, 6.45) is 2.15. The van der Waals surface area contributed by atoms with Gasteiger partial charge >= 0.3 is 0 Å². The lowest BCUT2D eigenvalue weighted by Crippen LogP contribution is -2.23. The van der Waals surface area contributed by atoms with Gasteiger partial charge in [-0.05, 0) is 62.4 Å². The molecule has 1 unspecified atom stereocenters. The second kappa shape index (κ2) is 12.5. The first kappa shape index (κ1) is 26.4. The molecule has 1 aliphatic heterocycles. The maximum Gasteiger partial charge on any atom is 0.255 e. The maximum atomic E-state index is 12.8. The fourth-order valence-corrected chi connectivity index (χ4v) is 4.08. The monoisotopic (exact) mass is 501 g/mol. The highest BCUT2D eigenvalue weighted by Gasteiger charge is 2.13. The molecule has 0 bridgehead atoms. The number of amidine groups is 1. The first-order chi connectivity index (χ1) is 17.3. The van der Waals surface area contributed by atoms with Crippen molar-refractivity contribution in [1.82, 2.24) is 5.32 Å². The quantitative estimate of drug-likeness (QED) is 0.396. The van der Waals surface area contributed by atoms with Gasteiger partial charge in [0.1, 0.15) is 0 Å². The van der Waals surface area contributed by atoms with E-state index in [0.29, 0.717) is 40.0 Å². The van der Waals surface area contributed by atoms with E-state index in [1.807, 2.05) is 38.1 Å². The number of benzene rings is 2. The molecule has 0 spiro atoms. The SMILES string of the molecule is C=NC(=N/C=C1\CSC(NC(C)=O)=N1)Nc1cc(NC(=O)c2cccc(CC(C)C#N)c2)ccc1C. The number of hydrogen-bond donors (Lipinski definition) is 3. The fourth-order valence-electron chi connectivity index (χ4n) is 3.26. The van der Waals surface area contributed by atoms with Crippen molar-refractivity contribution < 1.29 is 9.59 Å². The number of aryl methyl sites for hydroxylation is 1. The minimum Gasteiger partial charge on any atom is -0.324 e. The van der Waals surface area contributed by atoms with Crippen LogP contribution < -0.4 is 16.0 Å². The third kappa shape index (κ3) is 7.65.